The number of rotatable bonds is 6. The van der Waals surface area contributed by atoms with Gasteiger partial charge in [-0.25, -0.2) is 4.79 Å². The topological polar surface area (TPSA) is 80.8 Å². The summed E-state index contributed by atoms with van der Waals surface area (Å²) in [5, 5.41) is 0. The van der Waals surface area contributed by atoms with Crippen LogP contribution in [0.2, 0.25) is 0 Å². The molecule has 0 N–H and O–H groups in total. The maximum atomic E-state index is 13.6. The number of hydrogen-bond acceptors (Lipinski definition) is 5. The van der Waals surface area contributed by atoms with Gasteiger partial charge in [-0.1, -0.05) is 42.5 Å². The Morgan fingerprint density at radius 1 is 0.912 bits per heavy atom. The summed E-state index contributed by atoms with van der Waals surface area (Å²) in [4.78, 5) is 53.4. The number of carbonyl (C=O) groups excluding carboxylic acids is 4. The molecule has 6 nitrogen and oxygen atoms in total. The quantitative estimate of drug-likeness (QED) is 0.219. The molecule has 2 saturated carbocycles. The van der Waals surface area contributed by atoms with Gasteiger partial charge >= 0.3 is 5.97 Å². The zero-order chi connectivity index (χ0) is 23.6. The molecule has 2 aromatic rings. The average Bonchev–Trinajstić information content (AvgIpc) is 3.62. The largest absolute Gasteiger partial charge is 0.425 e. The smallest absolute Gasteiger partial charge is 0.335 e. The Kier molecular flexibility index (Phi) is 4.80. The highest BCUT2D eigenvalue weighted by Crippen LogP contribution is 2.65. The summed E-state index contributed by atoms with van der Waals surface area (Å²) in [6, 6.07) is 14.6. The molecule has 1 aliphatic heterocycles. The molecule has 2 aromatic carbocycles. The molecule has 7 atom stereocenters. The van der Waals surface area contributed by atoms with Gasteiger partial charge in [0.1, 0.15) is 11.8 Å². The van der Waals surface area contributed by atoms with Crippen molar-refractivity contribution in [3.8, 4) is 5.75 Å². The van der Waals surface area contributed by atoms with Crippen molar-refractivity contribution in [2.75, 3.05) is 0 Å². The van der Waals surface area contributed by atoms with Crippen molar-refractivity contribution in [2.45, 2.75) is 25.8 Å². The molecule has 0 spiro atoms. The second kappa shape index (κ2) is 7.76. The van der Waals surface area contributed by atoms with Crippen molar-refractivity contribution in [1.29, 1.82) is 0 Å². The summed E-state index contributed by atoms with van der Waals surface area (Å²) in [5.41, 5.74) is 1.35. The minimum Gasteiger partial charge on any atom is -0.425 e. The minimum absolute atomic E-state index is 0.0861. The van der Waals surface area contributed by atoms with E-state index in [9.17, 15) is 19.2 Å². The Balaban J connectivity index is 1.30. The van der Waals surface area contributed by atoms with E-state index in [1.807, 2.05) is 30.3 Å². The predicted molar refractivity (Wildman–Crippen MR) is 123 cm³/mol. The van der Waals surface area contributed by atoms with Gasteiger partial charge in [0.05, 0.1) is 11.8 Å². The lowest BCUT2D eigenvalue weighted by molar-refractivity contribution is -0.153. The van der Waals surface area contributed by atoms with E-state index in [1.165, 1.54) is 11.8 Å². The number of benzene rings is 2. The lowest BCUT2D eigenvalue weighted by Gasteiger charge is -2.37. The van der Waals surface area contributed by atoms with Crippen LogP contribution in [0.5, 0.6) is 5.75 Å². The number of esters is 1. The molecule has 7 rings (SSSR count). The first-order valence-corrected chi connectivity index (χ1v) is 11.9. The van der Waals surface area contributed by atoms with Crippen molar-refractivity contribution < 1.29 is 23.9 Å². The summed E-state index contributed by atoms with van der Waals surface area (Å²) >= 11 is 0. The van der Waals surface area contributed by atoms with E-state index >= 15 is 0 Å². The monoisotopic (exact) mass is 455 g/mol. The van der Waals surface area contributed by atoms with Gasteiger partial charge in [-0.15, -0.1) is 0 Å². The van der Waals surface area contributed by atoms with Gasteiger partial charge in [0.25, 0.3) is 0 Å². The molecule has 3 fully saturated rings. The zero-order valence-electron chi connectivity index (χ0n) is 18.8. The standard InChI is InChI=1S/C28H25NO5/c1-15(30)17-7-9-18(10-8-17)34-28(33)23(13-16-5-3-2-4-6-16)29-26(31)24-19-11-12-20(22-14-21(19)22)25(24)27(29)32/h2-12,19-25H,13-14H2,1H3/t19-,20-,21-,22-,23-,24+,25+/m0/s1. The number of amides is 2. The van der Waals surface area contributed by atoms with Crippen molar-refractivity contribution in [3.63, 3.8) is 0 Å². The molecule has 0 radical (unpaired) electrons. The van der Waals surface area contributed by atoms with E-state index in [0.29, 0.717) is 17.4 Å². The van der Waals surface area contributed by atoms with E-state index in [1.54, 1.807) is 24.3 Å². The third-order valence-corrected chi connectivity index (χ3v) is 8.03. The van der Waals surface area contributed by atoms with E-state index in [2.05, 4.69) is 12.2 Å². The number of hydrogen-bond donors (Lipinski definition) is 0. The van der Waals surface area contributed by atoms with Gasteiger partial charge in [-0.05, 0) is 66.8 Å². The Morgan fingerprint density at radius 3 is 2.06 bits per heavy atom. The SMILES string of the molecule is CC(=O)c1ccc(OC(=O)[C@H](Cc2ccccc2)N2C(=O)[C@@H]3[C@H]4C=C[C@@H]([C@@H]5C[C@@H]45)[C@H]3C2=O)cc1. The number of ether oxygens (including phenoxy) is 1. The Hall–Kier alpha value is -3.54. The Labute approximate surface area is 197 Å². The molecule has 2 amide bonds. The van der Waals surface area contributed by atoms with Crippen molar-refractivity contribution in [1.82, 2.24) is 4.90 Å². The number of carbonyl (C=O) groups is 4. The van der Waals surface area contributed by atoms with Gasteiger partial charge in [0, 0.05) is 12.0 Å². The number of likely N-dealkylation sites (tertiary alicyclic amines) is 1. The number of allylic oxidation sites excluding steroid dienone is 2. The number of nitrogens with zero attached hydrogens (tertiary/aromatic N) is 1. The van der Waals surface area contributed by atoms with Crippen LogP contribution in [0.4, 0.5) is 0 Å². The van der Waals surface area contributed by atoms with Crippen molar-refractivity contribution >= 4 is 23.6 Å². The first-order valence-electron chi connectivity index (χ1n) is 11.9. The van der Waals surface area contributed by atoms with Crippen LogP contribution in [0.25, 0.3) is 0 Å². The molecule has 34 heavy (non-hydrogen) atoms. The molecule has 1 heterocycles. The molecule has 172 valence electrons. The fraction of sp³-hybridized carbons (Fsp3) is 0.357. The van der Waals surface area contributed by atoms with E-state index < -0.39 is 12.0 Å². The normalized spacial score (nSPS) is 31.1. The van der Waals surface area contributed by atoms with Crippen LogP contribution in [0.1, 0.15) is 29.3 Å². The van der Waals surface area contributed by atoms with Crippen molar-refractivity contribution in [3.05, 3.63) is 77.9 Å². The number of imide groups is 1. The number of ketones is 1. The summed E-state index contributed by atoms with van der Waals surface area (Å²) in [7, 11) is 0. The Morgan fingerprint density at radius 2 is 1.50 bits per heavy atom. The third-order valence-electron chi connectivity index (χ3n) is 8.03. The molecule has 6 heteroatoms. The van der Waals surface area contributed by atoms with Crippen LogP contribution in [-0.2, 0) is 20.8 Å². The van der Waals surface area contributed by atoms with E-state index in [-0.39, 0.29) is 53.4 Å². The van der Waals surface area contributed by atoms with Crippen LogP contribution in [-0.4, -0.2) is 34.5 Å². The highest BCUT2D eigenvalue weighted by Gasteiger charge is 2.68. The highest BCUT2D eigenvalue weighted by molar-refractivity contribution is 6.09. The molecule has 0 unspecified atom stereocenters. The van der Waals surface area contributed by atoms with Crippen molar-refractivity contribution in [2.24, 2.45) is 35.5 Å². The second-order valence-corrected chi connectivity index (χ2v) is 9.91. The van der Waals surface area contributed by atoms with Crippen LogP contribution in [0, 0.1) is 35.5 Å². The Bertz CT molecular complexity index is 1180. The van der Waals surface area contributed by atoms with Gasteiger partial charge in [-0.2, -0.15) is 0 Å². The third kappa shape index (κ3) is 3.23. The molecular weight excluding hydrogens is 430 g/mol. The summed E-state index contributed by atoms with van der Waals surface area (Å²) in [5.74, 6) is -0.523. The van der Waals surface area contributed by atoms with Crippen LogP contribution in [0.3, 0.4) is 0 Å². The molecule has 4 aliphatic carbocycles. The summed E-state index contributed by atoms with van der Waals surface area (Å²) in [6.07, 6.45) is 5.52. The second-order valence-electron chi connectivity index (χ2n) is 9.91. The van der Waals surface area contributed by atoms with Gasteiger partial charge in [0.15, 0.2) is 5.78 Å². The predicted octanol–water partition coefficient (Wildman–Crippen LogP) is 3.46. The fourth-order valence-corrected chi connectivity index (χ4v) is 6.35. The molecule has 0 aromatic heterocycles. The lowest BCUT2D eigenvalue weighted by atomic mass is 9.63. The van der Waals surface area contributed by atoms with Gasteiger partial charge in [0.2, 0.25) is 11.8 Å². The minimum atomic E-state index is -1.05. The van der Waals surface area contributed by atoms with Gasteiger partial charge in [-0.3, -0.25) is 19.3 Å². The van der Waals surface area contributed by atoms with Crippen LogP contribution < -0.4 is 4.74 Å². The zero-order valence-corrected chi connectivity index (χ0v) is 18.8. The van der Waals surface area contributed by atoms with E-state index in [0.717, 1.165) is 12.0 Å². The fourth-order valence-electron chi connectivity index (χ4n) is 6.35. The molecule has 5 aliphatic rings. The molecule has 1 saturated heterocycles. The maximum absolute atomic E-state index is 13.6. The van der Waals surface area contributed by atoms with Crippen LogP contribution >= 0.6 is 0 Å². The molecule has 2 bridgehead atoms. The number of Topliss-reactive ketones (excluding diaryl/α,β-unsaturated/α-hetero) is 1. The van der Waals surface area contributed by atoms with Crippen LogP contribution in [0.15, 0.2) is 66.7 Å². The summed E-state index contributed by atoms with van der Waals surface area (Å²) in [6.45, 7) is 1.47. The van der Waals surface area contributed by atoms with Gasteiger partial charge < -0.3 is 4.74 Å². The lowest BCUT2D eigenvalue weighted by Crippen LogP contribution is -2.48. The average molecular weight is 456 g/mol. The molecular formula is C28H25NO5. The van der Waals surface area contributed by atoms with E-state index in [4.69, 9.17) is 4.74 Å². The first kappa shape index (κ1) is 21.0. The summed E-state index contributed by atoms with van der Waals surface area (Å²) < 4.78 is 5.63. The highest BCUT2D eigenvalue weighted by atomic mass is 16.5. The maximum Gasteiger partial charge on any atom is 0.335 e. The first-order chi connectivity index (χ1) is 16.4.